The smallest absolute Gasteiger partial charge is 0.147 e. The van der Waals surface area contributed by atoms with Gasteiger partial charge in [0.05, 0.1) is 18.0 Å². The number of nitrogens with one attached hydrogen (secondary N) is 1. The maximum atomic E-state index is 13.9. The number of ether oxygens (including phenoxy) is 1. The summed E-state index contributed by atoms with van der Waals surface area (Å²) < 4.78 is 20.0. The Kier molecular flexibility index (Phi) is 6.22. The largest absolute Gasteiger partial charge is 0.494 e. The lowest BCUT2D eigenvalue weighted by Crippen LogP contribution is -1.94. The molecule has 0 amide bonds. The molecule has 0 bridgehead atoms. The summed E-state index contributed by atoms with van der Waals surface area (Å²) in [7, 11) is 0. The molecule has 0 aliphatic carbocycles. The Labute approximate surface area is 169 Å². The summed E-state index contributed by atoms with van der Waals surface area (Å²) in [6.45, 7) is 2.55. The average molecular weight is 444 g/mol. The van der Waals surface area contributed by atoms with Gasteiger partial charge in [0, 0.05) is 21.6 Å². The second kappa shape index (κ2) is 8.80. The number of benzene rings is 2. The van der Waals surface area contributed by atoms with E-state index in [0.717, 1.165) is 17.0 Å². The molecule has 0 atom stereocenters. The van der Waals surface area contributed by atoms with Crippen LogP contribution in [0, 0.1) is 17.1 Å². The zero-order valence-corrected chi connectivity index (χ0v) is 16.8. The van der Waals surface area contributed by atoms with Crippen molar-refractivity contribution in [3.05, 3.63) is 69.3 Å². The van der Waals surface area contributed by atoms with Crippen LogP contribution in [0.5, 0.6) is 5.75 Å². The number of halogens is 2. The lowest BCUT2D eigenvalue weighted by Gasteiger charge is -2.04. The third-order valence-electron chi connectivity index (χ3n) is 3.62. The van der Waals surface area contributed by atoms with Gasteiger partial charge in [0.15, 0.2) is 0 Å². The van der Waals surface area contributed by atoms with Crippen molar-refractivity contribution in [3.8, 4) is 23.1 Å². The van der Waals surface area contributed by atoms with Crippen molar-refractivity contribution in [1.29, 1.82) is 5.26 Å². The minimum atomic E-state index is -0.410. The first-order valence-electron chi connectivity index (χ1n) is 8.11. The van der Waals surface area contributed by atoms with Crippen LogP contribution in [0.2, 0.25) is 0 Å². The fourth-order valence-electron chi connectivity index (χ4n) is 2.32. The molecule has 1 N–H and O–H groups in total. The molecule has 1 heterocycles. The van der Waals surface area contributed by atoms with E-state index in [2.05, 4.69) is 32.3 Å². The van der Waals surface area contributed by atoms with Gasteiger partial charge < -0.3 is 10.1 Å². The SMILES string of the molecule is CCOc1ccc(-c2csc(C(C#N)=CNc3ccc(Br)cc3F)n2)cc1. The van der Waals surface area contributed by atoms with Crippen LogP contribution in [0.1, 0.15) is 11.9 Å². The van der Waals surface area contributed by atoms with Crippen LogP contribution in [-0.2, 0) is 0 Å². The highest BCUT2D eigenvalue weighted by molar-refractivity contribution is 9.10. The molecular formula is C20H15BrFN3OS. The van der Waals surface area contributed by atoms with Gasteiger partial charge in [-0.25, -0.2) is 9.37 Å². The molecule has 0 aliphatic rings. The van der Waals surface area contributed by atoms with Gasteiger partial charge in [-0.05, 0) is 49.4 Å². The molecule has 3 rings (SSSR count). The number of allylic oxidation sites excluding steroid dienone is 1. The molecular weight excluding hydrogens is 429 g/mol. The number of nitriles is 1. The van der Waals surface area contributed by atoms with Gasteiger partial charge in [-0.3, -0.25) is 0 Å². The Morgan fingerprint density at radius 3 is 2.78 bits per heavy atom. The van der Waals surface area contributed by atoms with E-state index in [1.807, 2.05) is 36.6 Å². The topological polar surface area (TPSA) is 57.9 Å². The molecule has 0 saturated carbocycles. The quantitative estimate of drug-likeness (QED) is 0.468. The maximum Gasteiger partial charge on any atom is 0.147 e. The molecule has 27 heavy (non-hydrogen) atoms. The molecule has 0 unspecified atom stereocenters. The van der Waals surface area contributed by atoms with Crippen molar-refractivity contribution in [2.45, 2.75) is 6.92 Å². The molecule has 0 fully saturated rings. The maximum absolute atomic E-state index is 13.9. The van der Waals surface area contributed by atoms with Crippen LogP contribution in [0.25, 0.3) is 16.8 Å². The van der Waals surface area contributed by atoms with Crippen LogP contribution in [0.3, 0.4) is 0 Å². The van der Waals surface area contributed by atoms with E-state index in [-0.39, 0.29) is 5.69 Å². The first-order chi connectivity index (χ1) is 13.1. The minimum Gasteiger partial charge on any atom is -0.494 e. The Hall–Kier alpha value is -2.69. The molecule has 2 aromatic carbocycles. The van der Waals surface area contributed by atoms with Crippen molar-refractivity contribution >= 4 is 38.5 Å². The molecule has 0 saturated heterocycles. The van der Waals surface area contributed by atoms with E-state index in [1.54, 1.807) is 12.1 Å². The number of rotatable bonds is 6. The van der Waals surface area contributed by atoms with E-state index in [9.17, 15) is 9.65 Å². The highest BCUT2D eigenvalue weighted by atomic mass is 79.9. The molecule has 3 aromatic rings. The zero-order chi connectivity index (χ0) is 19.2. The summed E-state index contributed by atoms with van der Waals surface area (Å²) in [4.78, 5) is 4.52. The molecule has 0 aliphatic heterocycles. The van der Waals surface area contributed by atoms with Crippen LogP contribution in [-0.4, -0.2) is 11.6 Å². The first kappa shape index (κ1) is 19.1. The van der Waals surface area contributed by atoms with E-state index in [0.29, 0.717) is 21.7 Å². The molecule has 0 radical (unpaired) electrons. The lowest BCUT2D eigenvalue weighted by atomic mass is 10.2. The average Bonchev–Trinajstić information content (AvgIpc) is 3.14. The molecule has 136 valence electrons. The van der Waals surface area contributed by atoms with Gasteiger partial charge in [-0.15, -0.1) is 11.3 Å². The normalized spacial score (nSPS) is 11.1. The number of aromatic nitrogens is 1. The summed E-state index contributed by atoms with van der Waals surface area (Å²) in [6, 6.07) is 14.4. The summed E-state index contributed by atoms with van der Waals surface area (Å²) >= 11 is 4.57. The van der Waals surface area contributed by atoms with E-state index in [4.69, 9.17) is 4.74 Å². The van der Waals surface area contributed by atoms with E-state index >= 15 is 0 Å². The Balaban J connectivity index is 1.79. The standard InChI is InChI=1S/C20H15BrFN3OS/c1-2-26-16-6-3-13(4-7-16)19-12-27-20(25-19)14(10-23)11-24-18-8-5-15(21)9-17(18)22/h3-9,11-12,24H,2H2,1H3. The van der Waals surface area contributed by atoms with Gasteiger partial charge in [0.1, 0.15) is 28.2 Å². The Morgan fingerprint density at radius 1 is 1.33 bits per heavy atom. The van der Waals surface area contributed by atoms with Crippen molar-refractivity contribution in [2.24, 2.45) is 0 Å². The van der Waals surface area contributed by atoms with Gasteiger partial charge in [-0.2, -0.15) is 5.26 Å². The Morgan fingerprint density at radius 2 is 2.11 bits per heavy atom. The zero-order valence-electron chi connectivity index (χ0n) is 14.4. The molecule has 0 spiro atoms. The molecule has 4 nitrogen and oxygen atoms in total. The van der Waals surface area contributed by atoms with Gasteiger partial charge in [0.25, 0.3) is 0 Å². The molecule has 1 aromatic heterocycles. The summed E-state index contributed by atoms with van der Waals surface area (Å²) in [5, 5.41) is 14.7. The first-order valence-corrected chi connectivity index (χ1v) is 9.79. The molecule has 7 heteroatoms. The number of hydrogen-bond acceptors (Lipinski definition) is 5. The van der Waals surface area contributed by atoms with E-state index < -0.39 is 5.82 Å². The van der Waals surface area contributed by atoms with Crippen LogP contribution in [0.15, 0.2) is 58.5 Å². The van der Waals surface area contributed by atoms with Crippen molar-refractivity contribution in [1.82, 2.24) is 4.98 Å². The van der Waals surface area contributed by atoms with Crippen molar-refractivity contribution in [3.63, 3.8) is 0 Å². The number of thiazole rings is 1. The monoisotopic (exact) mass is 443 g/mol. The lowest BCUT2D eigenvalue weighted by molar-refractivity contribution is 0.340. The van der Waals surface area contributed by atoms with Crippen LogP contribution >= 0.6 is 27.3 Å². The van der Waals surface area contributed by atoms with Gasteiger partial charge in [0.2, 0.25) is 0 Å². The number of hydrogen-bond donors (Lipinski definition) is 1. The second-order valence-electron chi connectivity index (χ2n) is 5.43. The Bertz CT molecular complexity index is 1010. The number of nitrogens with zero attached hydrogens (tertiary/aromatic N) is 2. The second-order valence-corrected chi connectivity index (χ2v) is 7.21. The highest BCUT2D eigenvalue weighted by Gasteiger charge is 2.10. The number of anilines is 1. The fraction of sp³-hybridized carbons (Fsp3) is 0.100. The summed E-state index contributed by atoms with van der Waals surface area (Å²) in [5.41, 5.74) is 2.33. The minimum absolute atomic E-state index is 0.286. The highest BCUT2D eigenvalue weighted by Crippen LogP contribution is 2.28. The third-order valence-corrected chi connectivity index (χ3v) is 4.99. The predicted molar refractivity (Wildman–Crippen MR) is 110 cm³/mol. The van der Waals surface area contributed by atoms with Crippen molar-refractivity contribution in [2.75, 3.05) is 11.9 Å². The predicted octanol–water partition coefficient (Wildman–Crippen LogP) is 6.09. The van der Waals surface area contributed by atoms with Gasteiger partial charge >= 0.3 is 0 Å². The fourth-order valence-corrected chi connectivity index (χ4v) is 3.44. The summed E-state index contributed by atoms with van der Waals surface area (Å²) in [6.07, 6.45) is 1.47. The third kappa shape index (κ3) is 4.73. The van der Waals surface area contributed by atoms with Gasteiger partial charge in [-0.1, -0.05) is 15.9 Å². The van der Waals surface area contributed by atoms with E-state index in [1.165, 1.54) is 23.6 Å². The van der Waals surface area contributed by atoms with Crippen LogP contribution < -0.4 is 10.1 Å². The van der Waals surface area contributed by atoms with Crippen LogP contribution in [0.4, 0.5) is 10.1 Å². The summed E-state index contributed by atoms with van der Waals surface area (Å²) in [5.74, 6) is 0.391. The van der Waals surface area contributed by atoms with Crippen molar-refractivity contribution < 1.29 is 9.13 Å².